The van der Waals surface area contributed by atoms with Gasteiger partial charge in [-0.3, -0.25) is 9.59 Å². The van der Waals surface area contributed by atoms with Crippen molar-refractivity contribution in [3.8, 4) is 6.07 Å². The van der Waals surface area contributed by atoms with Gasteiger partial charge in [0, 0.05) is 0 Å². The van der Waals surface area contributed by atoms with Crippen molar-refractivity contribution in [1.29, 1.82) is 5.26 Å². The van der Waals surface area contributed by atoms with E-state index in [1.54, 1.807) is 20.8 Å². The smallest absolute Gasteiger partial charge is 0.322 e. The molecule has 0 bridgehead atoms. The fraction of sp³-hybridized carbons (Fsp3) is 0.400. The summed E-state index contributed by atoms with van der Waals surface area (Å²) in [5, 5.41) is 18.0. The molecule has 0 heterocycles. The standard InChI is InChI=1S/C15H18N2O4/c1-15(2,3)21-14(20)11(13(18)19)12(17)10-6-4-9(8-16)5-7-10/h4-7,11-12H,17H2,1-3H3,(H,18,19)/t11-,12?/m1/s1. The molecule has 0 fully saturated rings. The minimum atomic E-state index is -1.50. The number of rotatable bonds is 4. The molecule has 21 heavy (non-hydrogen) atoms. The molecule has 0 spiro atoms. The van der Waals surface area contributed by atoms with Gasteiger partial charge in [-0.2, -0.15) is 5.26 Å². The number of carboxylic acids is 1. The molecule has 0 aliphatic rings. The molecule has 6 heteroatoms. The highest BCUT2D eigenvalue weighted by Crippen LogP contribution is 2.23. The number of hydrogen-bond acceptors (Lipinski definition) is 5. The molecular formula is C15H18N2O4. The highest BCUT2D eigenvalue weighted by atomic mass is 16.6. The molecule has 1 aromatic rings. The van der Waals surface area contributed by atoms with Crippen LogP contribution in [-0.4, -0.2) is 22.6 Å². The first-order valence-corrected chi connectivity index (χ1v) is 6.37. The van der Waals surface area contributed by atoms with Crippen molar-refractivity contribution < 1.29 is 19.4 Å². The van der Waals surface area contributed by atoms with Gasteiger partial charge < -0.3 is 15.6 Å². The molecule has 1 unspecified atom stereocenters. The Balaban J connectivity index is 3.02. The predicted molar refractivity (Wildman–Crippen MR) is 75.1 cm³/mol. The van der Waals surface area contributed by atoms with Crippen molar-refractivity contribution >= 4 is 11.9 Å². The number of aliphatic carboxylic acids is 1. The average molecular weight is 290 g/mol. The Morgan fingerprint density at radius 1 is 1.29 bits per heavy atom. The van der Waals surface area contributed by atoms with Crippen LogP contribution in [0.15, 0.2) is 24.3 Å². The highest BCUT2D eigenvalue weighted by molar-refractivity contribution is 5.95. The number of carbonyl (C=O) groups excluding carboxylic acids is 1. The molecular weight excluding hydrogens is 272 g/mol. The summed E-state index contributed by atoms with van der Waals surface area (Å²) in [5.41, 5.74) is 5.97. The van der Waals surface area contributed by atoms with Crippen molar-refractivity contribution in [2.75, 3.05) is 0 Å². The van der Waals surface area contributed by atoms with Gasteiger partial charge in [-0.25, -0.2) is 0 Å². The van der Waals surface area contributed by atoms with Crippen LogP contribution in [0.4, 0.5) is 0 Å². The summed E-state index contributed by atoms with van der Waals surface area (Å²) in [6, 6.07) is 7.00. The van der Waals surface area contributed by atoms with Crippen LogP contribution in [0.2, 0.25) is 0 Å². The van der Waals surface area contributed by atoms with Crippen LogP contribution in [0, 0.1) is 17.2 Å². The maximum atomic E-state index is 12.0. The van der Waals surface area contributed by atoms with Crippen LogP contribution < -0.4 is 5.73 Å². The third kappa shape index (κ3) is 4.58. The molecule has 0 aliphatic carbocycles. The Hall–Kier alpha value is -2.39. The number of carboxylic acid groups (broad SMARTS) is 1. The third-order valence-electron chi connectivity index (χ3n) is 2.71. The molecule has 0 radical (unpaired) electrons. The van der Waals surface area contributed by atoms with E-state index in [2.05, 4.69) is 0 Å². The molecule has 0 aliphatic heterocycles. The van der Waals surface area contributed by atoms with Crippen LogP contribution in [0.5, 0.6) is 0 Å². The maximum Gasteiger partial charge on any atom is 0.322 e. The van der Waals surface area contributed by atoms with E-state index in [1.807, 2.05) is 6.07 Å². The van der Waals surface area contributed by atoms with Crippen LogP contribution in [0.1, 0.15) is 37.9 Å². The number of benzene rings is 1. The first-order valence-electron chi connectivity index (χ1n) is 6.37. The van der Waals surface area contributed by atoms with Gasteiger partial charge in [-0.1, -0.05) is 12.1 Å². The summed E-state index contributed by atoms with van der Waals surface area (Å²) in [7, 11) is 0. The Bertz CT molecular complexity index is 567. The van der Waals surface area contributed by atoms with E-state index in [0.29, 0.717) is 11.1 Å². The number of nitrogens with two attached hydrogens (primary N) is 1. The fourth-order valence-corrected chi connectivity index (χ4v) is 1.74. The Kier molecular flexibility index (Phi) is 5.06. The van der Waals surface area contributed by atoms with Gasteiger partial charge in [0.15, 0.2) is 5.92 Å². The van der Waals surface area contributed by atoms with Gasteiger partial charge >= 0.3 is 11.9 Å². The van der Waals surface area contributed by atoms with Crippen molar-refractivity contribution in [3.05, 3.63) is 35.4 Å². The summed E-state index contributed by atoms with van der Waals surface area (Å²) < 4.78 is 5.10. The quantitative estimate of drug-likeness (QED) is 0.643. The van der Waals surface area contributed by atoms with Gasteiger partial charge in [0.25, 0.3) is 0 Å². The Morgan fingerprint density at radius 2 is 1.81 bits per heavy atom. The second kappa shape index (κ2) is 6.37. The number of nitrogens with zero attached hydrogens (tertiary/aromatic N) is 1. The molecule has 3 N–H and O–H groups in total. The maximum absolute atomic E-state index is 12.0. The molecule has 0 saturated heterocycles. The van der Waals surface area contributed by atoms with E-state index in [9.17, 15) is 14.7 Å². The van der Waals surface area contributed by atoms with Crippen molar-refractivity contribution in [2.24, 2.45) is 11.7 Å². The topological polar surface area (TPSA) is 113 Å². The summed E-state index contributed by atoms with van der Waals surface area (Å²) in [4.78, 5) is 23.3. The van der Waals surface area contributed by atoms with E-state index in [-0.39, 0.29) is 0 Å². The third-order valence-corrected chi connectivity index (χ3v) is 2.71. The van der Waals surface area contributed by atoms with Gasteiger partial charge in [0.05, 0.1) is 17.7 Å². The second-order valence-electron chi connectivity index (χ2n) is 5.61. The number of esters is 1. The highest BCUT2D eigenvalue weighted by Gasteiger charge is 2.37. The molecule has 1 aromatic carbocycles. The monoisotopic (exact) mass is 290 g/mol. The zero-order valence-corrected chi connectivity index (χ0v) is 12.2. The number of hydrogen-bond donors (Lipinski definition) is 2. The molecule has 2 atom stereocenters. The van der Waals surface area contributed by atoms with Crippen LogP contribution in [0.3, 0.4) is 0 Å². The van der Waals surface area contributed by atoms with E-state index in [4.69, 9.17) is 15.7 Å². The van der Waals surface area contributed by atoms with Crippen molar-refractivity contribution in [1.82, 2.24) is 0 Å². The number of nitriles is 1. The average Bonchev–Trinajstić information content (AvgIpc) is 2.36. The summed E-state index contributed by atoms with van der Waals surface area (Å²) in [6.45, 7) is 4.95. The van der Waals surface area contributed by atoms with Gasteiger partial charge in [-0.05, 0) is 38.5 Å². The summed E-state index contributed by atoms with van der Waals surface area (Å²) in [5.74, 6) is -3.73. The lowest BCUT2D eigenvalue weighted by atomic mass is 9.93. The van der Waals surface area contributed by atoms with Gasteiger partial charge in [0.1, 0.15) is 5.60 Å². The summed E-state index contributed by atoms with van der Waals surface area (Å²) in [6.07, 6.45) is 0. The predicted octanol–water partition coefficient (Wildman–Crippen LogP) is 1.60. The normalized spacial score (nSPS) is 13.9. The van der Waals surface area contributed by atoms with E-state index < -0.39 is 29.5 Å². The molecule has 1 rings (SSSR count). The molecule has 0 saturated carbocycles. The fourth-order valence-electron chi connectivity index (χ4n) is 1.74. The molecule has 0 aromatic heterocycles. The molecule has 6 nitrogen and oxygen atoms in total. The van der Waals surface area contributed by atoms with E-state index in [1.165, 1.54) is 24.3 Å². The lowest BCUT2D eigenvalue weighted by Crippen LogP contribution is -2.39. The van der Waals surface area contributed by atoms with E-state index in [0.717, 1.165) is 0 Å². The van der Waals surface area contributed by atoms with Gasteiger partial charge in [-0.15, -0.1) is 0 Å². The number of ether oxygens (including phenoxy) is 1. The zero-order valence-electron chi connectivity index (χ0n) is 12.2. The minimum absolute atomic E-state index is 0.426. The zero-order chi connectivity index (χ0) is 16.2. The number of carbonyl (C=O) groups is 2. The minimum Gasteiger partial charge on any atom is -0.481 e. The van der Waals surface area contributed by atoms with Crippen molar-refractivity contribution in [3.63, 3.8) is 0 Å². The van der Waals surface area contributed by atoms with Gasteiger partial charge in [0.2, 0.25) is 0 Å². The Labute approximate surface area is 123 Å². The second-order valence-corrected chi connectivity index (χ2v) is 5.61. The molecule has 0 amide bonds. The molecule has 112 valence electrons. The first kappa shape index (κ1) is 16.7. The largest absolute Gasteiger partial charge is 0.481 e. The van der Waals surface area contributed by atoms with Crippen LogP contribution in [0.25, 0.3) is 0 Å². The summed E-state index contributed by atoms with van der Waals surface area (Å²) >= 11 is 0. The first-order chi connectivity index (χ1) is 9.65. The SMILES string of the molecule is CC(C)(C)OC(=O)[C@@H](C(=O)O)C(N)c1ccc(C#N)cc1. The Morgan fingerprint density at radius 3 is 2.19 bits per heavy atom. The van der Waals surface area contributed by atoms with E-state index >= 15 is 0 Å². The van der Waals surface area contributed by atoms with Crippen LogP contribution in [-0.2, 0) is 14.3 Å². The lowest BCUT2D eigenvalue weighted by Gasteiger charge is -2.25. The lowest BCUT2D eigenvalue weighted by molar-refractivity contribution is -0.167. The van der Waals surface area contributed by atoms with Crippen molar-refractivity contribution in [2.45, 2.75) is 32.4 Å². The van der Waals surface area contributed by atoms with Crippen LogP contribution >= 0.6 is 0 Å².